The van der Waals surface area contributed by atoms with E-state index in [1.54, 1.807) is 20.8 Å². The van der Waals surface area contributed by atoms with E-state index in [0.717, 1.165) is 10.9 Å². The van der Waals surface area contributed by atoms with Crippen LogP contribution in [0.3, 0.4) is 0 Å². The lowest BCUT2D eigenvalue weighted by Gasteiger charge is -2.20. The summed E-state index contributed by atoms with van der Waals surface area (Å²) in [7, 11) is -5.10. The zero-order chi connectivity index (χ0) is 27.7. The third-order valence-electron chi connectivity index (χ3n) is 4.79. The number of carbonyl (C=O) groups excluding carboxylic acids is 2. The molecule has 3 heterocycles. The number of nitrogens with zero attached hydrogens (tertiary/aromatic N) is 4. The van der Waals surface area contributed by atoms with Gasteiger partial charge < -0.3 is 33.8 Å². The number of halogens is 2. The van der Waals surface area contributed by atoms with Crippen molar-refractivity contribution in [3.05, 3.63) is 11.6 Å². The van der Waals surface area contributed by atoms with E-state index in [1.165, 1.54) is 6.92 Å². The van der Waals surface area contributed by atoms with Crippen LogP contribution in [-0.2, 0) is 28.3 Å². The van der Waals surface area contributed by atoms with Gasteiger partial charge in [0.25, 0.3) is 5.85 Å². The quantitative estimate of drug-likeness (QED) is 0.202. The fourth-order valence-corrected chi connectivity index (χ4v) is 4.12. The number of aliphatic hydroxyl groups excluding tert-OH is 1. The van der Waals surface area contributed by atoms with E-state index in [9.17, 15) is 29.0 Å². The van der Waals surface area contributed by atoms with E-state index >= 15 is 4.39 Å². The molecule has 1 fully saturated rings. The minimum Gasteiger partial charge on any atom is -0.464 e. The summed E-state index contributed by atoms with van der Waals surface area (Å²) < 4.78 is 48.0. The van der Waals surface area contributed by atoms with E-state index in [4.69, 9.17) is 25.8 Å². The summed E-state index contributed by atoms with van der Waals surface area (Å²) in [5.41, 5.74) is -0.867. The van der Waals surface area contributed by atoms with E-state index in [2.05, 4.69) is 25.0 Å². The lowest BCUT2D eigenvalue weighted by Crippen LogP contribution is -2.35. The first-order valence-corrected chi connectivity index (χ1v) is 12.9. The molecule has 0 radical (unpaired) electrons. The first-order valence-electron chi connectivity index (χ1n) is 10.8. The average Bonchev–Trinajstić information content (AvgIpc) is 3.27. The van der Waals surface area contributed by atoms with Gasteiger partial charge in [0.15, 0.2) is 29.4 Å². The minimum absolute atomic E-state index is 0.00382. The van der Waals surface area contributed by atoms with Crippen LogP contribution in [0.2, 0.25) is 5.28 Å². The number of alkyl halides is 1. The van der Waals surface area contributed by atoms with Crippen LogP contribution in [0.15, 0.2) is 6.33 Å². The molecule has 2 aromatic rings. The fourth-order valence-electron chi connectivity index (χ4n) is 3.33. The van der Waals surface area contributed by atoms with Gasteiger partial charge in [-0.15, -0.1) is 0 Å². The first-order chi connectivity index (χ1) is 17.1. The summed E-state index contributed by atoms with van der Waals surface area (Å²) >= 11 is 5.98. The van der Waals surface area contributed by atoms with Crippen LogP contribution in [0, 0.1) is 0 Å². The Kier molecular flexibility index (Phi) is 8.74. The van der Waals surface area contributed by atoms with Crippen molar-refractivity contribution >= 4 is 48.2 Å². The largest absolute Gasteiger partial charge is 0.464 e. The molecule has 0 aliphatic carbocycles. The number of fused-ring (bicyclic) bond motifs is 1. The van der Waals surface area contributed by atoms with Gasteiger partial charge in [-0.05, 0) is 39.3 Å². The molecule has 37 heavy (non-hydrogen) atoms. The van der Waals surface area contributed by atoms with Crippen LogP contribution in [-0.4, -0.2) is 89.5 Å². The molecule has 0 aromatic carbocycles. The number of nitrogens with one attached hydrogen (secondary N) is 1. The Balaban J connectivity index is 1.82. The predicted octanol–water partition coefficient (Wildman–Crippen LogP) is 1.51. The number of aromatic nitrogens is 4. The second-order valence-corrected chi connectivity index (χ2v) is 10.8. The Morgan fingerprint density at radius 1 is 1.35 bits per heavy atom. The van der Waals surface area contributed by atoms with Crippen molar-refractivity contribution in [1.29, 1.82) is 0 Å². The summed E-state index contributed by atoms with van der Waals surface area (Å²) in [6.07, 6.45) is -6.63. The number of esters is 1. The molecule has 0 spiro atoms. The molecule has 206 valence electrons. The summed E-state index contributed by atoms with van der Waals surface area (Å²) in [5.74, 6) is -3.74. The lowest BCUT2D eigenvalue weighted by molar-refractivity contribution is -0.155. The highest BCUT2D eigenvalue weighted by Gasteiger charge is 2.48. The van der Waals surface area contributed by atoms with Gasteiger partial charge in [-0.2, -0.15) is 9.97 Å². The molecule has 5 atom stereocenters. The van der Waals surface area contributed by atoms with Crippen molar-refractivity contribution in [2.75, 3.05) is 18.5 Å². The van der Waals surface area contributed by atoms with Crippen LogP contribution in [0.25, 0.3) is 11.2 Å². The van der Waals surface area contributed by atoms with Gasteiger partial charge in [-0.25, -0.2) is 19.0 Å². The molecule has 4 N–H and O–H groups in total. The highest BCUT2D eigenvalue weighted by atomic mass is 35.5. The Hall–Kier alpha value is -2.46. The van der Waals surface area contributed by atoms with Crippen molar-refractivity contribution in [3.63, 3.8) is 0 Å². The number of aliphatic hydroxyl groups is 1. The molecule has 2 aromatic heterocycles. The van der Waals surface area contributed by atoms with Crippen LogP contribution >= 0.6 is 19.2 Å². The molecule has 0 saturated carbocycles. The fraction of sp³-hybridized carbons (Fsp3) is 0.632. The topological polar surface area (TPSA) is 204 Å². The number of ether oxygens (including phenoxy) is 4. The standard InChI is InChI=1S/C19H26ClFN5O10P/c1-5-33-15(28)16(37(30,31)32)34-6-8-11(27)9(21)14(35-8)26-7-22-10-12(23-17(20)25-13(10)26)24-18(29)36-19(2,3)4/h7-9,11,14,16,27H,5-6H2,1-4H3,(H2,30,31,32)(H,23,24,25,29)/t8-,9+,11-,14-,16+/m1/s1. The normalized spacial score (nSPS) is 23.2. The van der Waals surface area contributed by atoms with Crippen molar-refractivity contribution in [1.82, 2.24) is 19.5 Å². The Morgan fingerprint density at radius 2 is 2.03 bits per heavy atom. The zero-order valence-corrected chi connectivity index (χ0v) is 21.7. The summed E-state index contributed by atoms with van der Waals surface area (Å²) in [5, 5.41) is 12.4. The minimum atomic E-state index is -5.10. The Morgan fingerprint density at radius 3 is 2.62 bits per heavy atom. The van der Waals surface area contributed by atoms with Gasteiger partial charge in [-0.3, -0.25) is 14.4 Å². The summed E-state index contributed by atoms with van der Waals surface area (Å²) in [4.78, 5) is 54.8. The van der Waals surface area contributed by atoms with Crippen molar-refractivity contribution in [2.45, 2.75) is 63.7 Å². The third-order valence-corrected chi connectivity index (χ3v) is 5.93. The number of carbonyl (C=O) groups is 2. The summed E-state index contributed by atoms with van der Waals surface area (Å²) in [6.45, 7) is 5.46. The van der Waals surface area contributed by atoms with Gasteiger partial charge in [0.1, 0.15) is 17.8 Å². The highest BCUT2D eigenvalue weighted by Crippen LogP contribution is 2.43. The second kappa shape index (κ2) is 11.1. The number of rotatable bonds is 8. The predicted molar refractivity (Wildman–Crippen MR) is 123 cm³/mol. The van der Waals surface area contributed by atoms with Gasteiger partial charge in [-0.1, -0.05) is 0 Å². The van der Waals surface area contributed by atoms with Crippen molar-refractivity contribution in [3.8, 4) is 0 Å². The van der Waals surface area contributed by atoms with Crippen LogP contribution in [0.1, 0.15) is 33.9 Å². The molecule has 18 heteroatoms. The average molecular weight is 570 g/mol. The maximum Gasteiger partial charge on any atom is 0.413 e. The van der Waals surface area contributed by atoms with Gasteiger partial charge in [0.2, 0.25) is 5.28 Å². The Labute approximate surface area is 214 Å². The molecule has 1 amide bonds. The highest BCUT2D eigenvalue weighted by molar-refractivity contribution is 7.53. The van der Waals surface area contributed by atoms with Gasteiger partial charge in [0, 0.05) is 0 Å². The SMILES string of the molecule is CCOC(=O)[C@@H](OC[C@H]1O[C@@H](n2cnc3c(NC(=O)OC(C)(C)C)nc(Cl)nc32)[C@@H](F)[C@@H]1O)P(=O)(O)O. The third kappa shape index (κ3) is 6.90. The monoisotopic (exact) mass is 569 g/mol. The Bertz CT molecular complexity index is 1200. The molecular formula is C19H26ClFN5O10P. The molecule has 1 saturated heterocycles. The molecule has 15 nitrogen and oxygen atoms in total. The lowest BCUT2D eigenvalue weighted by atomic mass is 10.1. The number of hydrogen-bond donors (Lipinski definition) is 4. The van der Waals surface area contributed by atoms with E-state index in [0.29, 0.717) is 0 Å². The molecular weight excluding hydrogens is 544 g/mol. The van der Waals surface area contributed by atoms with Crippen LogP contribution in [0.5, 0.6) is 0 Å². The van der Waals surface area contributed by atoms with Crippen LogP contribution in [0.4, 0.5) is 15.0 Å². The number of imidazole rings is 1. The zero-order valence-electron chi connectivity index (χ0n) is 20.1. The second-order valence-electron chi connectivity index (χ2n) is 8.82. The van der Waals surface area contributed by atoms with Gasteiger partial charge >= 0.3 is 19.7 Å². The molecule has 0 bridgehead atoms. The number of anilines is 1. The summed E-state index contributed by atoms with van der Waals surface area (Å²) in [6, 6.07) is 0. The van der Waals surface area contributed by atoms with E-state index < -0.39 is 62.3 Å². The van der Waals surface area contributed by atoms with Crippen LogP contribution < -0.4 is 5.32 Å². The molecule has 3 rings (SSSR count). The van der Waals surface area contributed by atoms with Crippen molar-refractivity contribution < 1.29 is 52.4 Å². The number of amides is 1. The number of hydrogen-bond acceptors (Lipinski definition) is 11. The van der Waals surface area contributed by atoms with E-state index in [1.807, 2.05) is 0 Å². The van der Waals surface area contributed by atoms with Gasteiger partial charge in [0.05, 0.1) is 19.5 Å². The molecule has 1 aliphatic heterocycles. The maximum atomic E-state index is 15.1. The van der Waals surface area contributed by atoms with Crippen molar-refractivity contribution in [2.24, 2.45) is 0 Å². The smallest absolute Gasteiger partial charge is 0.413 e. The first kappa shape index (κ1) is 29.1. The molecule has 1 aliphatic rings. The molecule has 0 unspecified atom stereocenters. The van der Waals surface area contributed by atoms with E-state index in [-0.39, 0.29) is 28.9 Å². The maximum absolute atomic E-state index is 15.1.